The molecule has 0 spiro atoms. The third-order valence-corrected chi connectivity index (χ3v) is 3.90. The van der Waals surface area contributed by atoms with Crippen molar-refractivity contribution in [1.29, 1.82) is 0 Å². The van der Waals surface area contributed by atoms with E-state index in [-0.39, 0.29) is 0 Å². The smallest absolute Gasteiger partial charge is 0.151 e. The molecule has 0 atom stereocenters. The number of aromatic nitrogens is 2. The van der Waals surface area contributed by atoms with Gasteiger partial charge < -0.3 is 10.6 Å². The monoisotopic (exact) mass is 312 g/mol. The van der Waals surface area contributed by atoms with Gasteiger partial charge in [-0.05, 0) is 32.9 Å². The van der Waals surface area contributed by atoms with Crippen LogP contribution in [0.5, 0.6) is 0 Å². The van der Waals surface area contributed by atoms with E-state index in [0.717, 1.165) is 21.8 Å². The minimum Gasteiger partial charge on any atom is -0.354 e. The number of halogens is 1. The average molecular weight is 313 g/mol. The molecule has 2 rings (SSSR count). The normalized spacial score (nSPS) is 10.5. The van der Waals surface area contributed by atoms with Gasteiger partial charge in [0.2, 0.25) is 0 Å². The molecule has 2 N–H and O–H groups in total. The third-order valence-electron chi connectivity index (χ3n) is 2.35. The van der Waals surface area contributed by atoms with Crippen LogP contribution < -0.4 is 10.6 Å². The van der Waals surface area contributed by atoms with E-state index in [9.17, 15) is 0 Å². The van der Waals surface area contributed by atoms with Crippen LogP contribution >= 0.6 is 27.3 Å². The molecule has 2 aromatic rings. The molecule has 0 aliphatic heterocycles. The molecule has 0 fully saturated rings. The maximum Gasteiger partial charge on any atom is 0.151 e. The summed E-state index contributed by atoms with van der Waals surface area (Å²) in [7, 11) is 1.99. The maximum atomic E-state index is 5.65. The zero-order valence-electron chi connectivity index (χ0n) is 9.43. The van der Waals surface area contributed by atoms with Gasteiger partial charge in [-0.1, -0.05) is 0 Å². The highest BCUT2D eigenvalue weighted by atomic mass is 79.9. The van der Waals surface area contributed by atoms with Crippen LogP contribution in [0.25, 0.3) is 0 Å². The average Bonchev–Trinajstić information content (AvgIpc) is 2.74. The van der Waals surface area contributed by atoms with Crippen molar-refractivity contribution in [2.24, 2.45) is 5.73 Å². The molecule has 6 heteroatoms. The van der Waals surface area contributed by atoms with Crippen molar-refractivity contribution in [3.63, 3.8) is 0 Å². The predicted molar refractivity (Wildman–Crippen MR) is 74.0 cm³/mol. The summed E-state index contributed by atoms with van der Waals surface area (Å²) in [6.07, 6.45) is 3.36. The van der Waals surface area contributed by atoms with E-state index >= 15 is 0 Å². The largest absolute Gasteiger partial charge is 0.354 e. The Balaban J connectivity index is 2.16. The van der Waals surface area contributed by atoms with Crippen LogP contribution in [0.1, 0.15) is 11.3 Å². The second-order valence-corrected chi connectivity index (χ2v) is 5.94. The second-order valence-electron chi connectivity index (χ2n) is 3.65. The van der Waals surface area contributed by atoms with E-state index < -0.39 is 0 Å². The van der Waals surface area contributed by atoms with Crippen LogP contribution in [0.4, 0.5) is 5.82 Å². The van der Waals surface area contributed by atoms with Crippen molar-refractivity contribution in [2.75, 3.05) is 11.9 Å². The number of nitrogens with two attached hydrogens (primary N) is 1. The Morgan fingerprint density at radius 1 is 1.41 bits per heavy atom. The summed E-state index contributed by atoms with van der Waals surface area (Å²) in [4.78, 5) is 10.6. The molecule has 17 heavy (non-hydrogen) atoms. The Morgan fingerprint density at radius 3 is 2.82 bits per heavy atom. The summed E-state index contributed by atoms with van der Waals surface area (Å²) in [5.74, 6) is 0.845. The van der Waals surface area contributed by atoms with Gasteiger partial charge >= 0.3 is 0 Å². The Bertz CT molecular complexity index is 500. The molecule has 2 aromatic heterocycles. The number of hydrogen-bond donors (Lipinski definition) is 1. The van der Waals surface area contributed by atoms with Gasteiger partial charge in [-0.25, -0.2) is 4.98 Å². The number of rotatable bonds is 4. The van der Waals surface area contributed by atoms with Crippen molar-refractivity contribution in [3.05, 3.63) is 38.9 Å². The molecule has 90 valence electrons. The zero-order chi connectivity index (χ0) is 12.3. The van der Waals surface area contributed by atoms with Crippen LogP contribution in [-0.4, -0.2) is 17.0 Å². The van der Waals surface area contributed by atoms with Crippen LogP contribution in [0.2, 0.25) is 0 Å². The molecule has 4 nitrogen and oxygen atoms in total. The van der Waals surface area contributed by atoms with E-state index in [1.807, 2.05) is 7.05 Å². The Labute approximate surface area is 113 Å². The molecular weight excluding hydrogens is 300 g/mol. The Morgan fingerprint density at radius 2 is 2.18 bits per heavy atom. The summed E-state index contributed by atoms with van der Waals surface area (Å²) < 4.78 is 1.14. The summed E-state index contributed by atoms with van der Waals surface area (Å²) in [6, 6.07) is 2.11. The van der Waals surface area contributed by atoms with Gasteiger partial charge in [0, 0.05) is 32.5 Å². The summed E-state index contributed by atoms with van der Waals surface area (Å²) >= 11 is 5.14. The van der Waals surface area contributed by atoms with Gasteiger partial charge in [0.15, 0.2) is 5.82 Å². The molecule has 0 radical (unpaired) electrons. The van der Waals surface area contributed by atoms with Crippen molar-refractivity contribution in [3.8, 4) is 0 Å². The molecule has 0 bridgehead atoms. The van der Waals surface area contributed by atoms with Gasteiger partial charge in [-0.15, -0.1) is 11.3 Å². The van der Waals surface area contributed by atoms with E-state index in [1.165, 1.54) is 5.56 Å². The van der Waals surface area contributed by atoms with E-state index in [1.54, 1.807) is 23.7 Å². The fourth-order valence-corrected chi connectivity index (χ4v) is 2.80. The van der Waals surface area contributed by atoms with Gasteiger partial charge in [-0.3, -0.25) is 4.98 Å². The molecule has 2 heterocycles. The fourth-order valence-electron chi connectivity index (χ4n) is 1.60. The lowest BCUT2D eigenvalue weighted by molar-refractivity contribution is 0.855. The summed E-state index contributed by atoms with van der Waals surface area (Å²) in [6.45, 7) is 1.20. The Kier molecular flexibility index (Phi) is 4.09. The van der Waals surface area contributed by atoms with Crippen molar-refractivity contribution >= 4 is 33.1 Å². The third kappa shape index (κ3) is 3.02. The molecule has 0 aliphatic rings. The standard InChI is InChI=1S/C11H13BrN4S/c1-16(6-8-4-10(12)17-7-8)11-9(5-13)14-2-3-15-11/h2-4,7H,5-6,13H2,1H3. The van der Waals surface area contributed by atoms with Crippen molar-refractivity contribution < 1.29 is 0 Å². The number of hydrogen-bond acceptors (Lipinski definition) is 5. The zero-order valence-corrected chi connectivity index (χ0v) is 11.8. The van der Waals surface area contributed by atoms with Crippen molar-refractivity contribution in [2.45, 2.75) is 13.1 Å². The minimum atomic E-state index is 0.404. The molecule has 0 saturated carbocycles. The van der Waals surface area contributed by atoms with Gasteiger partial charge in [-0.2, -0.15) is 0 Å². The first kappa shape index (κ1) is 12.5. The fraction of sp³-hybridized carbons (Fsp3) is 0.273. The van der Waals surface area contributed by atoms with Crippen LogP contribution in [0.15, 0.2) is 27.6 Å². The Hall–Kier alpha value is -0.980. The highest BCUT2D eigenvalue weighted by Crippen LogP contribution is 2.23. The highest BCUT2D eigenvalue weighted by Gasteiger charge is 2.09. The number of thiophene rings is 1. The number of anilines is 1. The molecule has 0 amide bonds. The van der Waals surface area contributed by atoms with Crippen LogP contribution in [-0.2, 0) is 13.1 Å². The summed E-state index contributed by atoms with van der Waals surface area (Å²) in [5, 5.41) is 2.12. The highest BCUT2D eigenvalue weighted by molar-refractivity contribution is 9.11. The molecule has 0 aromatic carbocycles. The first-order chi connectivity index (χ1) is 8.20. The quantitative estimate of drug-likeness (QED) is 0.942. The van der Waals surface area contributed by atoms with E-state index in [0.29, 0.717) is 6.54 Å². The first-order valence-corrected chi connectivity index (χ1v) is 6.82. The predicted octanol–water partition coefficient (Wildman–Crippen LogP) is 2.40. The summed E-state index contributed by atoms with van der Waals surface area (Å²) in [5.41, 5.74) is 7.72. The lowest BCUT2D eigenvalue weighted by atomic mass is 10.3. The van der Waals surface area contributed by atoms with Crippen molar-refractivity contribution in [1.82, 2.24) is 9.97 Å². The second kappa shape index (κ2) is 5.57. The molecule has 0 aliphatic carbocycles. The van der Waals surface area contributed by atoms with Gasteiger partial charge in [0.1, 0.15) is 0 Å². The lowest BCUT2D eigenvalue weighted by Gasteiger charge is -2.19. The number of nitrogens with zero attached hydrogens (tertiary/aromatic N) is 3. The van der Waals surface area contributed by atoms with Gasteiger partial charge in [0.05, 0.1) is 9.48 Å². The molecule has 0 saturated heterocycles. The topological polar surface area (TPSA) is 55.0 Å². The van der Waals surface area contributed by atoms with Crippen LogP contribution in [0.3, 0.4) is 0 Å². The molecule has 0 unspecified atom stereocenters. The van der Waals surface area contributed by atoms with E-state index in [4.69, 9.17) is 5.73 Å². The van der Waals surface area contributed by atoms with E-state index in [2.05, 4.69) is 42.2 Å². The maximum absolute atomic E-state index is 5.65. The minimum absolute atomic E-state index is 0.404. The SMILES string of the molecule is CN(Cc1csc(Br)c1)c1nccnc1CN. The first-order valence-electron chi connectivity index (χ1n) is 5.14. The van der Waals surface area contributed by atoms with Crippen LogP contribution in [0, 0.1) is 0 Å². The lowest BCUT2D eigenvalue weighted by Crippen LogP contribution is -2.20. The van der Waals surface area contributed by atoms with Gasteiger partial charge in [0.25, 0.3) is 0 Å². The molecular formula is C11H13BrN4S.